The molecule has 0 aliphatic carbocycles. The minimum Gasteiger partial charge on any atom is -0.326 e. The highest BCUT2D eigenvalue weighted by atomic mass is 19.4. The van der Waals surface area contributed by atoms with Gasteiger partial charge in [0.15, 0.2) is 0 Å². The summed E-state index contributed by atoms with van der Waals surface area (Å²) in [6.07, 6.45) is -9.57. The van der Waals surface area contributed by atoms with Crippen LogP contribution in [-0.2, 0) is 6.18 Å². The van der Waals surface area contributed by atoms with Crippen LogP contribution in [0.1, 0.15) is 34.6 Å². The lowest BCUT2D eigenvalue weighted by molar-refractivity contribution is -0.184. The SMILES string of the molecule is Cc1nc(C(F)(F)F)ccc1C(=O)N1CC(N)CCC1C(F)(F)F. The van der Waals surface area contributed by atoms with E-state index in [1.807, 2.05) is 0 Å². The molecule has 0 spiro atoms. The van der Waals surface area contributed by atoms with Crippen molar-refractivity contribution in [3.05, 3.63) is 29.1 Å². The molecule has 1 aliphatic rings. The third kappa shape index (κ3) is 3.80. The molecule has 1 saturated heterocycles. The molecule has 0 saturated carbocycles. The molecule has 2 unspecified atom stereocenters. The number of nitrogens with two attached hydrogens (primary N) is 1. The molecule has 1 aromatic heterocycles. The van der Waals surface area contributed by atoms with E-state index in [2.05, 4.69) is 4.98 Å². The Bertz CT molecular complexity index is 628. The molecule has 10 heteroatoms. The molecule has 1 aliphatic heterocycles. The highest BCUT2D eigenvalue weighted by Gasteiger charge is 2.48. The fourth-order valence-corrected chi connectivity index (χ4v) is 2.66. The van der Waals surface area contributed by atoms with Crippen LogP contribution in [0.4, 0.5) is 26.3 Å². The van der Waals surface area contributed by atoms with E-state index in [0.29, 0.717) is 11.0 Å². The molecule has 1 fully saturated rings. The molecular weight excluding hydrogens is 340 g/mol. The third-order valence-electron chi connectivity index (χ3n) is 3.86. The lowest BCUT2D eigenvalue weighted by atomic mass is 9.97. The minimum atomic E-state index is -4.70. The molecule has 2 N–H and O–H groups in total. The van der Waals surface area contributed by atoms with Gasteiger partial charge in [0, 0.05) is 12.6 Å². The molecular formula is C14H15F6N3O. The van der Waals surface area contributed by atoms with E-state index < -0.39 is 36.0 Å². The monoisotopic (exact) mass is 355 g/mol. The first-order valence-corrected chi connectivity index (χ1v) is 7.09. The van der Waals surface area contributed by atoms with Crippen molar-refractivity contribution in [2.75, 3.05) is 6.54 Å². The number of amides is 1. The molecule has 2 rings (SSSR count). The molecule has 0 aromatic carbocycles. The number of carbonyl (C=O) groups is 1. The number of pyridine rings is 1. The van der Waals surface area contributed by atoms with Gasteiger partial charge >= 0.3 is 12.4 Å². The van der Waals surface area contributed by atoms with E-state index in [0.717, 1.165) is 13.0 Å². The molecule has 4 nitrogen and oxygen atoms in total. The van der Waals surface area contributed by atoms with Crippen molar-refractivity contribution in [2.24, 2.45) is 5.73 Å². The minimum absolute atomic E-state index is 0.109. The molecule has 2 heterocycles. The maximum atomic E-state index is 13.1. The Hall–Kier alpha value is -1.84. The van der Waals surface area contributed by atoms with Gasteiger partial charge in [0.25, 0.3) is 5.91 Å². The van der Waals surface area contributed by atoms with Crippen molar-refractivity contribution < 1.29 is 31.1 Å². The topological polar surface area (TPSA) is 59.2 Å². The van der Waals surface area contributed by atoms with Crippen LogP contribution in [0, 0.1) is 6.92 Å². The van der Waals surface area contributed by atoms with Crippen molar-refractivity contribution in [3.63, 3.8) is 0 Å². The first kappa shape index (κ1) is 18.5. The Morgan fingerprint density at radius 2 is 1.83 bits per heavy atom. The summed E-state index contributed by atoms with van der Waals surface area (Å²) in [6.45, 7) is 0.832. The highest BCUT2D eigenvalue weighted by molar-refractivity contribution is 5.95. The van der Waals surface area contributed by atoms with Gasteiger partial charge in [-0.15, -0.1) is 0 Å². The normalized spacial score (nSPS) is 22.6. The van der Waals surface area contributed by atoms with Crippen LogP contribution in [-0.4, -0.2) is 40.6 Å². The fourth-order valence-electron chi connectivity index (χ4n) is 2.66. The number of hydrogen-bond acceptors (Lipinski definition) is 3. The van der Waals surface area contributed by atoms with Crippen LogP contribution in [0.5, 0.6) is 0 Å². The van der Waals surface area contributed by atoms with Crippen LogP contribution >= 0.6 is 0 Å². The third-order valence-corrected chi connectivity index (χ3v) is 3.86. The average Bonchev–Trinajstić information content (AvgIpc) is 2.44. The standard InChI is InChI=1S/C14H15F6N3O/c1-7-9(3-4-10(22-7)13(15,16)17)12(24)23-6-8(21)2-5-11(23)14(18,19)20/h3-4,8,11H,2,5-6,21H2,1H3. The van der Waals surface area contributed by atoms with Gasteiger partial charge in [0.2, 0.25) is 0 Å². The summed E-state index contributed by atoms with van der Waals surface area (Å²) in [5.41, 5.74) is 3.85. The van der Waals surface area contributed by atoms with E-state index in [-0.39, 0.29) is 30.6 Å². The van der Waals surface area contributed by atoms with Crippen molar-refractivity contribution in [1.82, 2.24) is 9.88 Å². The van der Waals surface area contributed by atoms with E-state index in [4.69, 9.17) is 5.73 Å². The van der Waals surface area contributed by atoms with Crippen molar-refractivity contribution in [2.45, 2.75) is 44.2 Å². The number of alkyl halides is 6. The number of aromatic nitrogens is 1. The van der Waals surface area contributed by atoms with Crippen LogP contribution in [0.15, 0.2) is 12.1 Å². The van der Waals surface area contributed by atoms with E-state index in [9.17, 15) is 31.1 Å². The second-order valence-electron chi connectivity index (χ2n) is 5.68. The summed E-state index contributed by atoms with van der Waals surface area (Å²) in [6, 6.07) is -1.20. The van der Waals surface area contributed by atoms with Crippen molar-refractivity contribution in [3.8, 4) is 0 Å². The summed E-state index contributed by atoms with van der Waals surface area (Å²) >= 11 is 0. The maximum Gasteiger partial charge on any atom is 0.433 e. The zero-order valence-corrected chi connectivity index (χ0v) is 12.6. The van der Waals surface area contributed by atoms with Gasteiger partial charge in [-0.05, 0) is 31.9 Å². The lowest BCUT2D eigenvalue weighted by Gasteiger charge is -2.39. The largest absolute Gasteiger partial charge is 0.433 e. The van der Waals surface area contributed by atoms with Gasteiger partial charge in [0.1, 0.15) is 11.7 Å². The number of nitrogens with zero attached hydrogens (tertiary/aromatic N) is 2. The Balaban J connectivity index is 2.35. The van der Waals surface area contributed by atoms with E-state index >= 15 is 0 Å². The molecule has 2 atom stereocenters. The lowest BCUT2D eigenvalue weighted by Crippen LogP contribution is -2.56. The van der Waals surface area contributed by atoms with E-state index in [1.54, 1.807) is 0 Å². The number of halogens is 6. The van der Waals surface area contributed by atoms with Crippen LogP contribution < -0.4 is 5.73 Å². The maximum absolute atomic E-state index is 13.1. The summed E-state index contributed by atoms with van der Waals surface area (Å²) < 4.78 is 77.2. The number of piperidine rings is 1. The van der Waals surface area contributed by atoms with Crippen LogP contribution in [0.2, 0.25) is 0 Å². The number of hydrogen-bond donors (Lipinski definition) is 1. The van der Waals surface area contributed by atoms with Gasteiger partial charge in [-0.25, -0.2) is 4.98 Å². The first-order valence-electron chi connectivity index (χ1n) is 7.09. The number of aryl methyl sites for hydroxylation is 1. The summed E-state index contributed by atoms with van der Waals surface area (Å²) in [5.74, 6) is -1.02. The van der Waals surface area contributed by atoms with Crippen LogP contribution in [0.3, 0.4) is 0 Å². The fraction of sp³-hybridized carbons (Fsp3) is 0.571. The zero-order chi connectivity index (χ0) is 18.3. The summed E-state index contributed by atoms with van der Waals surface area (Å²) in [7, 11) is 0. The van der Waals surface area contributed by atoms with Crippen molar-refractivity contribution in [1.29, 1.82) is 0 Å². The quantitative estimate of drug-likeness (QED) is 0.788. The Kier molecular flexibility index (Phi) is 4.80. The Morgan fingerprint density at radius 1 is 1.21 bits per heavy atom. The second-order valence-corrected chi connectivity index (χ2v) is 5.68. The van der Waals surface area contributed by atoms with Crippen molar-refractivity contribution >= 4 is 5.91 Å². The van der Waals surface area contributed by atoms with Gasteiger partial charge in [0.05, 0.1) is 11.3 Å². The summed E-state index contributed by atoms with van der Waals surface area (Å²) in [5, 5.41) is 0. The molecule has 0 bridgehead atoms. The number of likely N-dealkylation sites (tertiary alicyclic amines) is 1. The van der Waals surface area contributed by atoms with Gasteiger partial charge in [-0.3, -0.25) is 4.79 Å². The molecule has 134 valence electrons. The van der Waals surface area contributed by atoms with E-state index in [1.165, 1.54) is 0 Å². The molecule has 1 amide bonds. The van der Waals surface area contributed by atoms with Gasteiger partial charge in [-0.2, -0.15) is 26.3 Å². The Labute approximate surface area is 133 Å². The van der Waals surface area contributed by atoms with Gasteiger partial charge < -0.3 is 10.6 Å². The molecule has 0 radical (unpaired) electrons. The molecule has 24 heavy (non-hydrogen) atoms. The summed E-state index contributed by atoms with van der Waals surface area (Å²) in [4.78, 5) is 16.3. The zero-order valence-electron chi connectivity index (χ0n) is 12.6. The highest BCUT2D eigenvalue weighted by Crippen LogP contribution is 2.33. The molecule has 1 aromatic rings. The Morgan fingerprint density at radius 3 is 2.33 bits per heavy atom. The average molecular weight is 355 g/mol. The predicted molar refractivity (Wildman–Crippen MR) is 72.1 cm³/mol. The van der Waals surface area contributed by atoms with Crippen LogP contribution in [0.25, 0.3) is 0 Å². The van der Waals surface area contributed by atoms with Gasteiger partial charge in [-0.1, -0.05) is 0 Å². The second kappa shape index (κ2) is 6.23. The number of rotatable bonds is 1. The first-order chi connectivity index (χ1) is 10.9. The predicted octanol–water partition coefficient (Wildman–Crippen LogP) is 2.90. The number of carbonyl (C=O) groups excluding carboxylic acids is 1. The smallest absolute Gasteiger partial charge is 0.326 e.